The lowest BCUT2D eigenvalue weighted by Gasteiger charge is -2.36. The molecule has 1 aliphatic rings. The van der Waals surface area contributed by atoms with Gasteiger partial charge in [0.2, 0.25) is 0 Å². The van der Waals surface area contributed by atoms with Gasteiger partial charge in [-0.15, -0.1) is 0 Å². The van der Waals surface area contributed by atoms with Crippen LogP contribution in [0.1, 0.15) is 60.3 Å². The van der Waals surface area contributed by atoms with E-state index in [1.165, 1.54) is 26.4 Å². The Labute approximate surface area is 130 Å². The van der Waals surface area contributed by atoms with E-state index in [4.69, 9.17) is 4.74 Å². The number of likely N-dealkylation sites (tertiary alicyclic amines) is 1. The molecule has 1 saturated heterocycles. The van der Waals surface area contributed by atoms with Crippen molar-refractivity contribution in [2.75, 3.05) is 20.2 Å². The molecule has 0 aromatic carbocycles. The average molecular weight is 298 g/mol. The Morgan fingerprint density at radius 2 is 2.00 bits per heavy atom. The van der Waals surface area contributed by atoms with E-state index in [2.05, 4.69) is 37.9 Å². The minimum absolute atomic E-state index is 0.161. The summed E-state index contributed by atoms with van der Waals surface area (Å²) < 4.78 is 5.03. The summed E-state index contributed by atoms with van der Waals surface area (Å²) in [6.45, 7) is 13.0. The standard InChI is InChI=1S/C17H34N2O2/c1-13(2)18-17(5,16(20)21-6)12-15(4)19-10-7-8-14(3)9-11-19/h13-15,18H,7-12H2,1-6H3. The maximum atomic E-state index is 12.2. The summed E-state index contributed by atoms with van der Waals surface area (Å²) in [5.74, 6) is 0.661. The van der Waals surface area contributed by atoms with Gasteiger partial charge in [-0.25, -0.2) is 0 Å². The Hall–Kier alpha value is -0.610. The van der Waals surface area contributed by atoms with E-state index in [0.29, 0.717) is 6.04 Å². The van der Waals surface area contributed by atoms with Crippen molar-refractivity contribution in [1.29, 1.82) is 0 Å². The molecule has 124 valence electrons. The number of hydrogen-bond donors (Lipinski definition) is 1. The first kappa shape index (κ1) is 18.4. The van der Waals surface area contributed by atoms with Crippen LogP contribution in [0.25, 0.3) is 0 Å². The second-order valence-corrected chi connectivity index (χ2v) is 7.25. The number of ether oxygens (including phenoxy) is 1. The van der Waals surface area contributed by atoms with Crippen LogP contribution in [0.3, 0.4) is 0 Å². The molecule has 0 radical (unpaired) electrons. The van der Waals surface area contributed by atoms with Gasteiger partial charge >= 0.3 is 5.97 Å². The quantitative estimate of drug-likeness (QED) is 0.766. The number of hydrogen-bond acceptors (Lipinski definition) is 4. The van der Waals surface area contributed by atoms with Crippen molar-refractivity contribution in [3.8, 4) is 0 Å². The van der Waals surface area contributed by atoms with Gasteiger partial charge in [0.15, 0.2) is 0 Å². The van der Waals surface area contributed by atoms with Crippen LogP contribution in [-0.4, -0.2) is 48.7 Å². The Bertz CT molecular complexity index is 333. The minimum Gasteiger partial charge on any atom is -0.468 e. The number of rotatable bonds is 6. The second-order valence-electron chi connectivity index (χ2n) is 7.25. The molecule has 1 fully saturated rings. The zero-order chi connectivity index (χ0) is 16.0. The van der Waals surface area contributed by atoms with E-state index in [0.717, 1.165) is 25.4 Å². The first-order valence-electron chi connectivity index (χ1n) is 8.38. The molecule has 0 saturated carbocycles. The van der Waals surface area contributed by atoms with Crippen molar-refractivity contribution in [1.82, 2.24) is 10.2 Å². The topological polar surface area (TPSA) is 41.6 Å². The molecular formula is C17H34N2O2. The van der Waals surface area contributed by atoms with Crippen LogP contribution in [0.15, 0.2) is 0 Å². The Morgan fingerprint density at radius 3 is 2.57 bits per heavy atom. The van der Waals surface area contributed by atoms with Gasteiger partial charge < -0.3 is 9.64 Å². The van der Waals surface area contributed by atoms with Gasteiger partial charge in [-0.1, -0.05) is 6.92 Å². The monoisotopic (exact) mass is 298 g/mol. The molecule has 1 aliphatic heterocycles. The fraction of sp³-hybridized carbons (Fsp3) is 0.941. The third-order valence-corrected chi connectivity index (χ3v) is 4.62. The lowest BCUT2D eigenvalue weighted by molar-refractivity contribution is -0.149. The summed E-state index contributed by atoms with van der Waals surface area (Å²) in [5, 5.41) is 3.40. The molecule has 21 heavy (non-hydrogen) atoms. The normalized spacial score (nSPS) is 25.2. The van der Waals surface area contributed by atoms with Crippen molar-refractivity contribution in [3.63, 3.8) is 0 Å². The van der Waals surface area contributed by atoms with Gasteiger partial charge in [-0.05, 0) is 72.4 Å². The van der Waals surface area contributed by atoms with Gasteiger partial charge in [-0.2, -0.15) is 0 Å². The maximum Gasteiger partial charge on any atom is 0.325 e. The highest BCUT2D eigenvalue weighted by molar-refractivity contribution is 5.80. The van der Waals surface area contributed by atoms with Crippen LogP contribution in [0, 0.1) is 5.92 Å². The highest BCUT2D eigenvalue weighted by Gasteiger charge is 2.37. The van der Waals surface area contributed by atoms with Crippen molar-refractivity contribution < 1.29 is 9.53 Å². The summed E-state index contributed by atoms with van der Waals surface area (Å²) in [6.07, 6.45) is 4.63. The van der Waals surface area contributed by atoms with E-state index in [-0.39, 0.29) is 12.0 Å². The van der Waals surface area contributed by atoms with E-state index in [9.17, 15) is 4.79 Å². The lowest BCUT2D eigenvalue weighted by atomic mass is 9.91. The smallest absolute Gasteiger partial charge is 0.325 e. The van der Waals surface area contributed by atoms with E-state index in [1.54, 1.807) is 0 Å². The van der Waals surface area contributed by atoms with Gasteiger partial charge in [0.25, 0.3) is 0 Å². The highest BCUT2D eigenvalue weighted by atomic mass is 16.5. The molecule has 1 heterocycles. The van der Waals surface area contributed by atoms with Crippen LogP contribution >= 0.6 is 0 Å². The molecule has 1 rings (SSSR count). The SMILES string of the molecule is COC(=O)C(C)(CC(C)N1CCCC(C)CC1)NC(C)C. The second kappa shape index (κ2) is 8.14. The van der Waals surface area contributed by atoms with E-state index >= 15 is 0 Å². The van der Waals surface area contributed by atoms with E-state index < -0.39 is 5.54 Å². The first-order valence-corrected chi connectivity index (χ1v) is 8.38. The lowest BCUT2D eigenvalue weighted by Crippen LogP contribution is -2.56. The number of carbonyl (C=O) groups excluding carboxylic acids is 1. The fourth-order valence-electron chi connectivity index (χ4n) is 3.51. The molecule has 4 heteroatoms. The summed E-state index contributed by atoms with van der Waals surface area (Å²) in [4.78, 5) is 14.7. The van der Waals surface area contributed by atoms with E-state index in [1.807, 2.05) is 6.92 Å². The summed E-state index contributed by atoms with van der Waals surface area (Å²) in [5.41, 5.74) is -0.611. The minimum atomic E-state index is -0.611. The predicted molar refractivity (Wildman–Crippen MR) is 87.4 cm³/mol. The van der Waals surface area contributed by atoms with Crippen molar-refractivity contribution in [2.24, 2.45) is 5.92 Å². The number of carbonyl (C=O) groups is 1. The molecule has 0 aromatic heterocycles. The Morgan fingerprint density at radius 1 is 1.33 bits per heavy atom. The van der Waals surface area contributed by atoms with Gasteiger partial charge in [-0.3, -0.25) is 10.1 Å². The number of methoxy groups -OCH3 is 1. The Kier molecular flexibility index (Phi) is 7.14. The predicted octanol–water partition coefficient (Wildman–Crippen LogP) is 2.82. The average Bonchev–Trinajstić information content (AvgIpc) is 2.61. The molecule has 0 bridgehead atoms. The van der Waals surface area contributed by atoms with Crippen LogP contribution in [0.2, 0.25) is 0 Å². The molecule has 4 nitrogen and oxygen atoms in total. The number of nitrogens with one attached hydrogen (secondary N) is 1. The maximum absolute atomic E-state index is 12.2. The molecule has 0 amide bonds. The zero-order valence-electron chi connectivity index (χ0n) is 14.7. The summed E-state index contributed by atoms with van der Waals surface area (Å²) in [7, 11) is 1.47. The summed E-state index contributed by atoms with van der Waals surface area (Å²) >= 11 is 0. The summed E-state index contributed by atoms with van der Waals surface area (Å²) in [6, 6.07) is 0.635. The first-order chi connectivity index (χ1) is 9.78. The molecule has 3 atom stereocenters. The number of nitrogens with zero attached hydrogens (tertiary/aromatic N) is 1. The van der Waals surface area contributed by atoms with Gasteiger partial charge in [0.1, 0.15) is 5.54 Å². The van der Waals surface area contributed by atoms with Gasteiger partial charge in [0, 0.05) is 12.1 Å². The molecule has 0 aromatic rings. The van der Waals surface area contributed by atoms with Crippen LogP contribution in [-0.2, 0) is 9.53 Å². The zero-order valence-corrected chi connectivity index (χ0v) is 14.7. The molecular weight excluding hydrogens is 264 g/mol. The molecule has 3 unspecified atom stereocenters. The molecule has 0 aliphatic carbocycles. The fourth-order valence-corrected chi connectivity index (χ4v) is 3.51. The highest BCUT2D eigenvalue weighted by Crippen LogP contribution is 2.23. The van der Waals surface area contributed by atoms with Crippen molar-refractivity contribution in [2.45, 2.75) is 77.9 Å². The van der Waals surface area contributed by atoms with Gasteiger partial charge in [0.05, 0.1) is 7.11 Å². The third kappa shape index (κ3) is 5.59. The van der Waals surface area contributed by atoms with Crippen LogP contribution in [0.5, 0.6) is 0 Å². The van der Waals surface area contributed by atoms with Crippen LogP contribution in [0.4, 0.5) is 0 Å². The Balaban J connectivity index is 2.70. The van der Waals surface area contributed by atoms with Crippen LogP contribution < -0.4 is 5.32 Å². The van der Waals surface area contributed by atoms with Crippen molar-refractivity contribution in [3.05, 3.63) is 0 Å². The number of esters is 1. The third-order valence-electron chi connectivity index (χ3n) is 4.62. The molecule has 1 N–H and O–H groups in total. The van der Waals surface area contributed by atoms with Crippen molar-refractivity contribution >= 4 is 5.97 Å². The largest absolute Gasteiger partial charge is 0.468 e. The molecule has 0 spiro atoms.